The van der Waals surface area contributed by atoms with Gasteiger partial charge in [0.15, 0.2) is 0 Å². The molecule has 146 valence electrons. The molecular formula is C19H22N6O3. The summed E-state index contributed by atoms with van der Waals surface area (Å²) in [5, 5.41) is 10.4. The van der Waals surface area contributed by atoms with E-state index in [1.165, 1.54) is 4.90 Å². The van der Waals surface area contributed by atoms with Gasteiger partial charge in [-0.1, -0.05) is 0 Å². The van der Waals surface area contributed by atoms with Crippen molar-refractivity contribution in [2.75, 3.05) is 19.6 Å². The van der Waals surface area contributed by atoms with Crippen LogP contribution in [-0.2, 0) is 4.79 Å². The molecule has 2 fully saturated rings. The Morgan fingerprint density at radius 2 is 1.96 bits per heavy atom. The molecule has 0 spiro atoms. The third-order valence-corrected chi connectivity index (χ3v) is 6.07. The summed E-state index contributed by atoms with van der Waals surface area (Å²) in [5.41, 5.74) is 2.79. The molecule has 2 N–H and O–H groups in total. The minimum absolute atomic E-state index is 0.0499. The van der Waals surface area contributed by atoms with Crippen molar-refractivity contribution >= 4 is 34.1 Å². The van der Waals surface area contributed by atoms with Crippen LogP contribution in [-0.4, -0.2) is 72.1 Å². The number of piperidine rings is 1. The zero-order chi connectivity index (χ0) is 19.3. The van der Waals surface area contributed by atoms with Crippen molar-refractivity contribution in [3.63, 3.8) is 0 Å². The van der Waals surface area contributed by atoms with E-state index in [9.17, 15) is 14.7 Å². The highest BCUT2D eigenvalue weighted by Gasteiger charge is 2.37. The molecule has 2 saturated heterocycles. The maximum atomic E-state index is 12.9. The van der Waals surface area contributed by atoms with Gasteiger partial charge in [-0.2, -0.15) is 0 Å². The number of carboxylic acid groups (broad SMARTS) is 1. The zero-order valence-corrected chi connectivity index (χ0v) is 15.4. The Morgan fingerprint density at radius 3 is 2.75 bits per heavy atom. The molecule has 2 amide bonds. The number of fused-ring (bicyclic) bond motifs is 3. The Morgan fingerprint density at radius 1 is 1.14 bits per heavy atom. The van der Waals surface area contributed by atoms with E-state index in [1.54, 1.807) is 6.20 Å². The van der Waals surface area contributed by atoms with E-state index in [0.29, 0.717) is 26.1 Å². The van der Waals surface area contributed by atoms with E-state index >= 15 is 0 Å². The Bertz CT molecular complexity index is 1050. The molecule has 9 heteroatoms. The van der Waals surface area contributed by atoms with Gasteiger partial charge in [0.25, 0.3) is 0 Å². The molecule has 1 atom stereocenters. The lowest BCUT2D eigenvalue weighted by molar-refractivity contribution is -0.136. The largest absolute Gasteiger partial charge is 0.465 e. The highest BCUT2D eigenvalue weighted by Crippen LogP contribution is 2.31. The SMILES string of the molecule is O=C([C@H]1CCCN1C(=O)O)N1CCC(n2cnc3cnc4[nH]ccc4c32)CC1. The number of pyridine rings is 1. The first-order chi connectivity index (χ1) is 13.6. The second kappa shape index (κ2) is 6.50. The van der Waals surface area contributed by atoms with E-state index in [-0.39, 0.29) is 11.9 Å². The highest BCUT2D eigenvalue weighted by molar-refractivity contribution is 6.01. The van der Waals surface area contributed by atoms with Gasteiger partial charge < -0.3 is 19.6 Å². The number of aromatic amines is 1. The van der Waals surface area contributed by atoms with Gasteiger partial charge in [-0.25, -0.2) is 14.8 Å². The maximum Gasteiger partial charge on any atom is 0.407 e. The number of carbonyl (C=O) groups excluding carboxylic acids is 1. The second-order valence-corrected chi connectivity index (χ2v) is 7.57. The summed E-state index contributed by atoms with van der Waals surface area (Å²) in [4.78, 5) is 39.4. The van der Waals surface area contributed by atoms with Crippen LogP contribution in [0, 0.1) is 0 Å². The molecule has 3 aromatic rings. The quantitative estimate of drug-likeness (QED) is 0.707. The van der Waals surface area contributed by atoms with Crippen LogP contribution < -0.4 is 0 Å². The number of hydrogen-bond donors (Lipinski definition) is 2. The lowest BCUT2D eigenvalue weighted by Crippen LogP contribution is -2.49. The van der Waals surface area contributed by atoms with E-state index in [1.807, 2.05) is 23.5 Å². The van der Waals surface area contributed by atoms with Gasteiger partial charge in [0.2, 0.25) is 5.91 Å². The molecule has 5 rings (SSSR count). The summed E-state index contributed by atoms with van der Waals surface area (Å²) in [5.74, 6) is -0.0499. The summed E-state index contributed by atoms with van der Waals surface area (Å²) in [6.45, 7) is 1.72. The molecule has 2 aliphatic heterocycles. The number of aromatic nitrogens is 4. The van der Waals surface area contributed by atoms with Crippen molar-refractivity contribution in [3.05, 3.63) is 24.8 Å². The fourth-order valence-electron chi connectivity index (χ4n) is 4.64. The number of likely N-dealkylation sites (tertiary alicyclic amines) is 2. The molecule has 0 bridgehead atoms. The second-order valence-electron chi connectivity index (χ2n) is 7.57. The van der Waals surface area contributed by atoms with Crippen molar-refractivity contribution in [1.29, 1.82) is 0 Å². The van der Waals surface area contributed by atoms with E-state index < -0.39 is 12.1 Å². The van der Waals surface area contributed by atoms with Crippen molar-refractivity contribution < 1.29 is 14.7 Å². The molecule has 0 aromatic carbocycles. The number of carbonyl (C=O) groups is 2. The van der Waals surface area contributed by atoms with Crippen molar-refractivity contribution in [1.82, 2.24) is 29.3 Å². The van der Waals surface area contributed by atoms with Crippen molar-refractivity contribution in [3.8, 4) is 0 Å². The van der Waals surface area contributed by atoms with Crippen LogP contribution in [0.3, 0.4) is 0 Å². The van der Waals surface area contributed by atoms with Gasteiger partial charge in [0, 0.05) is 37.3 Å². The zero-order valence-electron chi connectivity index (χ0n) is 15.4. The topological polar surface area (TPSA) is 107 Å². The molecule has 0 unspecified atom stereocenters. The monoisotopic (exact) mass is 382 g/mol. The van der Waals surface area contributed by atoms with E-state index in [0.717, 1.165) is 41.3 Å². The predicted molar refractivity (Wildman–Crippen MR) is 102 cm³/mol. The predicted octanol–water partition coefficient (Wildman–Crippen LogP) is 2.22. The molecule has 9 nitrogen and oxygen atoms in total. The third kappa shape index (κ3) is 2.61. The Hall–Kier alpha value is -3.10. The van der Waals surface area contributed by atoms with Crippen LogP contribution in [0.25, 0.3) is 22.1 Å². The minimum Gasteiger partial charge on any atom is -0.465 e. The first-order valence-electron chi connectivity index (χ1n) is 9.70. The van der Waals surface area contributed by atoms with Gasteiger partial charge in [-0.05, 0) is 31.7 Å². The number of nitrogens with zero attached hydrogens (tertiary/aromatic N) is 5. The van der Waals surface area contributed by atoms with Crippen LogP contribution in [0.2, 0.25) is 0 Å². The van der Waals surface area contributed by atoms with E-state index in [2.05, 4.69) is 19.5 Å². The van der Waals surface area contributed by atoms with Crippen molar-refractivity contribution in [2.45, 2.75) is 37.8 Å². The average Bonchev–Trinajstić information content (AvgIpc) is 3.45. The number of nitrogens with one attached hydrogen (secondary N) is 1. The fourth-order valence-corrected chi connectivity index (χ4v) is 4.64. The third-order valence-electron chi connectivity index (χ3n) is 6.07. The van der Waals surface area contributed by atoms with Crippen LogP contribution >= 0.6 is 0 Å². The van der Waals surface area contributed by atoms with Crippen molar-refractivity contribution in [2.24, 2.45) is 0 Å². The molecular weight excluding hydrogens is 360 g/mol. The number of imidazole rings is 1. The first kappa shape index (κ1) is 17.0. The standard InChI is InChI=1S/C19H22N6O3/c26-18(15-2-1-7-24(15)19(27)28)23-8-4-12(5-9-23)25-11-22-14-10-21-17-13(16(14)25)3-6-20-17/h3,6,10-12,15H,1-2,4-5,7-9H2,(H,20,21)(H,27,28)/t15-/m1/s1. The first-order valence-corrected chi connectivity index (χ1v) is 9.70. The summed E-state index contributed by atoms with van der Waals surface area (Å²) in [6.07, 6.45) is 7.55. The van der Waals surface area contributed by atoms with Gasteiger partial charge in [0.1, 0.15) is 17.2 Å². The van der Waals surface area contributed by atoms with Gasteiger partial charge >= 0.3 is 6.09 Å². The molecule has 2 aliphatic rings. The maximum absolute atomic E-state index is 12.9. The Balaban J connectivity index is 1.34. The number of amides is 2. The molecule has 0 saturated carbocycles. The van der Waals surface area contributed by atoms with Crippen LogP contribution in [0.1, 0.15) is 31.7 Å². The number of rotatable bonds is 2. The number of hydrogen-bond acceptors (Lipinski definition) is 4. The number of H-pyrrole nitrogens is 1. The smallest absolute Gasteiger partial charge is 0.407 e. The molecule has 0 radical (unpaired) electrons. The normalized spacial score (nSPS) is 21.1. The Labute approximate surface area is 161 Å². The van der Waals surface area contributed by atoms with Crippen LogP contribution in [0.5, 0.6) is 0 Å². The van der Waals surface area contributed by atoms with Crippen LogP contribution in [0.15, 0.2) is 24.8 Å². The fraction of sp³-hybridized carbons (Fsp3) is 0.474. The summed E-state index contributed by atoms with van der Waals surface area (Å²) in [6, 6.07) is 1.75. The summed E-state index contributed by atoms with van der Waals surface area (Å²) in [7, 11) is 0. The molecule has 28 heavy (non-hydrogen) atoms. The molecule has 3 aromatic heterocycles. The molecule has 5 heterocycles. The highest BCUT2D eigenvalue weighted by atomic mass is 16.4. The average molecular weight is 382 g/mol. The van der Waals surface area contributed by atoms with Gasteiger partial charge in [-0.3, -0.25) is 9.69 Å². The lowest BCUT2D eigenvalue weighted by atomic mass is 10.0. The van der Waals surface area contributed by atoms with Crippen LogP contribution in [0.4, 0.5) is 4.79 Å². The Kier molecular flexibility index (Phi) is 3.96. The van der Waals surface area contributed by atoms with Gasteiger partial charge in [-0.15, -0.1) is 0 Å². The van der Waals surface area contributed by atoms with E-state index in [4.69, 9.17) is 0 Å². The lowest BCUT2D eigenvalue weighted by Gasteiger charge is -2.35. The minimum atomic E-state index is -1.00. The summed E-state index contributed by atoms with van der Waals surface area (Å²) < 4.78 is 2.20. The summed E-state index contributed by atoms with van der Waals surface area (Å²) >= 11 is 0. The van der Waals surface area contributed by atoms with Gasteiger partial charge in [0.05, 0.1) is 18.0 Å². The molecule has 0 aliphatic carbocycles.